The van der Waals surface area contributed by atoms with E-state index >= 15 is 0 Å². The van der Waals surface area contributed by atoms with Gasteiger partial charge in [0, 0.05) is 16.9 Å². The van der Waals surface area contributed by atoms with Gasteiger partial charge in [0.1, 0.15) is 12.1 Å². The SMILES string of the molecule is CC(=O)c1ccc(Nc2ncnc(Nc3ccc(OC(F)(F)F)cc3)c2[N+](=O)[O-])cc1. The Bertz CT molecular complexity index is 1100. The van der Waals surface area contributed by atoms with Crippen LogP contribution >= 0.6 is 0 Å². The summed E-state index contributed by atoms with van der Waals surface area (Å²) in [4.78, 5) is 30.0. The van der Waals surface area contributed by atoms with E-state index in [0.717, 1.165) is 18.5 Å². The lowest BCUT2D eigenvalue weighted by atomic mass is 10.1. The minimum absolute atomic E-state index is 0.116. The molecule has 3 aromatic rings. The third-order valence-corrected chi connectivity index (χ3v) is 3.91. The Morgan fingerprint density at radius 1 is 0.968 bits per heavy atom. The van der Waals surface area contributed by atoms with E-state index in [2.05, 4.69) is 25.3 Å². The van der Waals surface area contributed by atoms with Crippen molar-refractivity contribution in [3.63, 3.8) is 0 Å². The number of carbonyl (C=O) groups excluding carboxylic acids is 1. The molecule has 9 nitrogen and oxygen atoms in total. The number of ether oxygens (including phenoxy) is 1. The Balaban J connectivity index is 1.85. The van der Waals surface area contributed by atoms with Gasteiger partial charge in [0.05, 0.1) is 4.92 Å². The summed E-state index contributed by atoms with van der Waals surface area (Å²) in [5.74, 6) is -0.855. The maximum absolute atomic E-state index is 12.3. The number of anilines is 4. The summed E-state index contributed by atoms with van der Waals surface area (Å²) >= 11 is 0. The van der Waals surface area contributed by atoms with Crippen LogP contribution in [0.3, 0.4) is 0 Å². The maximum atomic E-state index is 12.3. The number of nitrogens with zero attached hydrogens (tertiary/aromatic N) is 3. The molecule has 2 aromatic carbocycles. The second-order valence-corrected chi connectivity index (χ2v) is 6.13. The lowest BCUT2D eigenvalue weighted by Crippen LogP contribution is -2.17. The zero-order chi connectivity index (χ0) is 22.6. The van der Waals surface area contributed by atoms with Crippen LogP contribution in [0, 0.1) is 10.1 Å². The van der Waals surface area contributed by atoms with Gasteiger partial charge in [-0.15, -0.1) is 13.2 Å². The van der Waals surface area contributed by atoms with Gasteiger partial charge in [-0.2, -0.15) is 0 Å². The van der Waals surface area contributed by atoms with E-state index in [0.29, 0.717) is 11.3 Å². The van der Waals surface area contributed by atoms with E-state index in [-0.39, 0.29) is 23.1 Å². The zero-order valence-electron chi connectivity index (χ0n) is 15.8. The van der Waals surface area contributed by atoms with Crippen LogP contribution in [0.25, 0.3) is 0 Å². The van der Waals surface area contributed by atoms with Gasteiger partial charge in [-0.3, -0.25) is 14.9 Å². The lowest BCUT2D eigenvalue weighted by molar-refractivity contribution is -0.383. The molecule has 0 saturated heterocycles. The van der Waals surface area contributed by atoms with E-state index in [1.807, 2.05) is 0 Å². The molecule has 0 aliphatic heterocycles. The molecular formula is C19H14F3N5O4. The molecule has 0 aliphatic carbocycles. The molecule has 1 aromatic heterocycles. The van der Waals surface area contributed by atoms with Crippen molar-refractivity contribution in [3.8, 4) is 5.75 Å². The summed E-state index contributed by atoms with van der Waals surface area (Å²) < 4.78 is 40.6. The van der Waals surface area contributed by atoms with Gasteiger partial charge in [-0.25, -0.2) is 9.97 Å². The molecule has 12 heteroatoms. The summed E-state index contributed by atoms with van der Waals surface area (Å²) in [6, 6.07) is 10.9. The highest BCUT2D eigenvalue weighted by Gasteiger charge is 2.31. The Hall–Kier alpha value is -4.22. The second kappa shape index (κ2) is 8.65. The number of carbonyl (C=O) groups is 1. The van der Waals surface area contributed by atoms with Crippen molar-refractivity contribution in [3.05, 3.63) is 70.5 Å². The normalized spacial score (nSPS) is 11.0. The molecular weight excluding hydrogens is 419 g/mol. The number of hydrogen-bond donors (Lipinski definition) is 2. The van der Waals surface area contributed by atoms with Crippen LogP contribution in [-0.4, -0.2) is 27.0 Å². The number of aromatic nitrogens is 2. The van der Waals surface area contributed by atoms with Gasteiger partial charge in [0.2, 0.25) is 11.6 Å². The van der Waals surface area contributed by atoms with Gasteiger partial charge in [-0.1, -0.05) is 0 Å². The first-order valence-electron chi connectivity index (χ1n) is 8.62. The average Bonchev–Trinajstić information content (AvgIpc) is 2.69. The molecule has 31 heavy (non-hydrogen) atoms. The highest BCUT2D eigenvalue weighted by atomic mass is 19.4. The van der Waals surface area contributed by atoms with Crippen LogP contribution < -0.4 is 15.4 Å². The summed E-state index contributed by atoms with van der Waals surface area (Å²) in [5.41, 5.74) is 0.691. The Kier molecular flexibility index (Phi) is 6.00. The smallest absolute Gasteiger partial charge is 0.406 e. The number of rotatable bonds is 7. The van der Waals surface area contributed by atoms with Gasteiger partial charge < -0.3 is 15.4 Å². The molecule has 0 amide bonds. The van der Waals surface area contributed by atoms with Crippen molar-refractivity contribution >= 4 is 34.5 Å². The second-order valence-electron chi connectivity index (χ2n) is 6.13. The van der Waals surface area contributed by atoms with Crippen molar-refractivity contribution in [1.29, 1.82) is 0 Å². The predicted molar refractivity (Wildman–Crippen MR) is 105 cm³/mol. The number of halogens is 3. The van der Waals surface area contributed by atoms with E-state index in [1.165, 1.54) is 19.1 Å². The van der Waals surface area contributed by atoms with E-state index in [4.69, 9.17) is 0 Å². The molecule has 3 rings (SSSR count). The number of nitro groups is 1. The number of Topliss-reactive ketones (excluding diaryl/α,β-unsaturated/α-hetero) is 1. The maximum Gasteiger partial charge on any atom is 0.573 e. The highest BCUT2D eigenvalue weighted by Crippen LogP contribution is 2.33. The first-order chi connectivity index (χ1) is 14.6. The topological polar surface area (TPSA) is 119 Å². The summed E-state index contributed by atoms with van der Waals surface area (Å²) in [7, 11) is 0. The largest absolute Gasteiger partial charge is 0.573 e. The standard InChI is InChI=1S/C19H14F3N5O4/c1-11(28)12-2-4-13(5-3-12)25-17-16(27(29)30)18(24-10-23-17)26-14-6-8-15(9-7-14)31-19(20,21)22/h2-10H,1H3,(H2,23,24,25,26). The van der Waals surface area contributed by atoms with E-state index < -0.39 is 22.7 Å². The van der Waals surface area contributed by atoms with Gasteiger partial charge in [0.15, 0.2) is 5.78 Å². The van der Waals surface area contributed by atoms with Crippen LogP contribution in [0.1, 0.15) is 17.3 Å². The van der Waals surface area contributed by atoms with Crippen LogP contribution in [0.15, 0.2) is 54.9 Å². The Morgan fingerprint density at radius 3 is 1.87 bits per heavy atom. The van der Waals surface area contributed by atoms with Crippen molar-refractivity contribution < 1.29 is 27.6 Å². The monoisotopic (exact) mass is 433 g/mol. The minimum Gasteiger partial charge on any atom is -0.406 e. The third-order valence-electron chi connectivity index (χ3n) is 3.91. The molecule has 0 radical (unpaired) electrons. The fraction of sp³-hybridized carbons (Fsp3) is 0.105. The number of benzene rings is 2. The van der Waals surface area contributed by atoms with Crippen molar-refractivity contribution in [2.75, 3.05) is 10.6 Å². The van der Waals surface area contributed by atoms with Crippen LogP contribution in [0.4, 0.5) is 41.9 Å². The van der Waals surface area contributed by atoms with Crippen molar-refractivity contribution in [2.45, 2.75) is 13.3 Å². The quantitative estimate of drug-likeness (QED) is 0.304. The molecule has 0 saturated carbocycles. The van der Waals surface area contributed by atoms with Crippen LogP contribution in [-0.2, 0) is 0 Å². The Labute approximate surface area is 173 Å². The van der Waals surface area contributed by atoms with Crippen LogP contribution in [0.2, 0.25) is 0 Å². The first-order valence-corrected chi connectivity index (χ1v) is 8.62. The molecule has 0 atom stereocenters. The molecule has 0 spiro atoms. The average molecular weight is 433 g/mol. The molecule has 0 unspecified atom stereocenters. The molecule has 0 fully saturated rings. The number of hydrogen-bond acceptors (Lipinski definition) is 8. The summed E-state index contributed by atoms with van der Waals surface area (Å²) in [5, 5.41) is 17.1. The highest BCUT2D eigenvalue weighted by molar-refractivity contribution is 5.94. The van der Waals surface area contributed by atoms with Crippen molar-refractivity contribution in [1.82, 2.24) is 9.97 Å². The predicted octanol–water partition coefficient (Wildman–Crippen LogP) is 4.97. The zero-order valence-corrected chi connectivity index (χ0v) is 15.8. The lowest BCUT2D eigenvalue weighted by Gasteiger charge is -2.11. The molecule has 0 aliphatic rings. The molecule has 1 heterocycles. The molecule has 2 N–H and O–H groups in total. The van der Waals surface area contributed by atoms with E-state index in [9.17, 15) is 28.1 Å². The first kappa shape index (κ1) is 21.5. The number of alkyl halides is 3. The third kappa shape index (κ3) is 5.65. The number of ketones is 1. The fourth-order valence-corrected chi connectivity index (χ4v) is 2.54. The van der Waals surface area contributed by atoms with Crippen LogP contribution in [0.5, 0.6) is 5.75 Å². The van der Waals surface area contributed by atoms with Gasteiger partial charge >= 0.3 is 12.0 Å². The Morgan fingerprint density at radius 2 is 1.45 bits per heavy atom. The molecule has 0 bridgehead atoms. The van der Waals surface area contributed by atoms with Gasteiger partial charge in [-0.05, 0) is 55.5 Å². The summed E-state index contributed by atoms with van der Waals surface area (Å²) in [6.45, 7) is 1.41. The fourth-order valence-electron chi connectivity index (χ4n) is 2.54. The van der Waals surface area contributed by atoms with Gasteiger partial charge in [0.25, 0.3) is 0 Å². The summed E-state index contributed by atoms with van der Waals surface area (Å²) in [6.07, 6.45) is -3.74. The van der Waals surface area contributed by atoms with Crippen molar-refractivity contribution in [2.24, 2.45) is 0 Å². The van der Waals surface area contributed by atoms with E-state index in [1.54, 1.807) is 24.3 Å². The molecule has 160 valence electrons. The number of nitrogens with one attached hydrogen (secondary N) is 2. The minimum atomic E-state index is -4.83.